The maximum absolute atomic E-state index is 13.4. The van der Waals surface area contributed by atoms with Gasteiger partial charge in [-0.2, -0.15) is 0 Å². The molecule has 0 bridgehead atoms. The molecule has 1 fully saturated rings. The van der Waals surface area contributed by atoms with Gasteiger partial charge in [-0.15, -0.1) is 0 Å². The maximum Gasteiger partial charge on any atom is 0.195 e. The number of hydrogen-bond donors (Lipinski definition) is 0. The number of nitrogens with zero attached hydrogens (tertiary/aromatic N) is 2. The number of methoxy groups -OCH3 is 1. The van der Waals surface area contributed by atoms with Crippen molar-refractivity contribution in [3.05, 3.63) is 95.2 Å². The monoisotopic (exact) mass is 564 g/mol. The molecule has 0 unspecified atom stereocenters. The van der Waals surface area contributed by atoms with E-state index in [1.807, 2.05) is 43.3 Å². The summed E-state index contributed by atoms with van der Waals surface area (Å²) in [6, 6.07) is 21.4. The zero-order chi connectivity index (χ0) is 28.9. The third kappa shape index (κ3) is 6.79. The molecule has 0 aliphatic carbocycles. The van der Waals surface area contributed by atoms with Crippen molar-refractivity contribution < 1.29 is 31.7 Å². The second-order valence-electron chi connectivity index (χ2n) is 10.4. The standard InChI is InChI=1S/C24H29N2O3.C7H8O3S/c1-18-23(24(27)19-8-10-20(28-3)11-9-19)21-6-4-5-7-22(21)25(18)12-13-26(2)14-16-29-17-15-26;1-6-2-4-7(5-3-6)11(8,9)10/h4-11H,12-17H2,1-3H3;2-5H,1H3,(H,8,9,10)/q+1;/p-1. The minimum absolute atomic E-state index is 0.0619. The molecule has 0 N–H and O–H groups in total. The molecule has 212 valence electrons. The summed E-state index contributed by atoms with van der Waals surface area (Å²) in [7, 11) is -0.340. The summed E-state index contributed by atoms with van der Waals surface area (Å²) in [5, 5.41) is 1.02. The number of morpholine rings is 1. The number of rotatable bonds is 7. The quantitative estimate of drug-likeness (QED) is 0.185. The van der Waals surface area contributed by atoms with Gasteiger partial charge in [-0.05, 0) is 56.3 Å². The zero-order valence-corrected chi connectivity index (χ0v) is 24.2. The highest BCUT2D eigenvalue weighted by Crippen LogP contribution is 2.29. The van der Waals surface area contributed by atoms with Crippen LogP contribution in [0.1, 0.15) is 27.2 Å². The van der Waals surface area contributed by atoms with Crippen LogP contribution in [0.15, 0.2) is 77.7 Å². The highest BCUT2D eigenvalue weighted by molar-refractivity contribution is 7.85. The molecule has 4 aromatic rings. The molecule has 0 amide bonds. The normalized spacial score (nSPS) is 14.8. The Morgan fingerprint density at radius 2 is 1.60 bits per heavy atom. The highest BCUT2D eigenvalue weighted by atomic mass is 32.2. The van der Waals surface area contributed by atoms with E-state index in [2.05, 4.69) is 30.7 Å². The summed E-state index contributed by atoms with van der Waals surface area (Å²) in [5.74, 6) is 0.815. The molecule has 1 aliphatic heterocycles. The molecule has 1 aromatic heterocycles. The number of ketones is 1. The van der Waals surface area contributed by atoms with Crippen LogP contribution in [-0.4, -0.2) is 74.8 Å². The van der Waals surface area contributed by atoms with Crippen molar-refractivity contribution >= 4 is 26.8 Å². The molecular formula is C31H36N2O6S. The van der Waals surface area contributed by atoms with Gasteiger partial charge < -0.3 is 23.1 Å². The minimum atomic E-state index is -4.27. The molecule has 3 aromatic carbocycles. The molecule has 40 heavy (non-hydrogen) atoms. The van der Waals surface area contributed by atoms with Crippen LogP contribution in [0.4, 0.5) is 0 Å². The molecule has 8 nitrogen and oxygen atoms in total. The van der Waals surface area contributed by atoms with Crippen molar-refractivity contribution in [2.24, 2.45) is 0 Å². The van der Waals surface area contributed by atoms with E-state index in [0.717, 1.165) is 77.3 Å². The van der Waals surface area contributed by atoms with E-state index < -0.39 is 10.1 Å². The van der Waals surface area contributed by atoms with Crippen molar-refractivity contribution in [1.82, 2.24) is 4.57 Å². The van der Waals surface area contributed by atoms with Crippen LogP contribution >= 0.6 is 0 Å². The molecule has 9 heteroatoms. The van der Waals surface area contributed by atoms with Crippen molar-refractivity contribution in [3.8, 4) is 5.75 Å². The van der Waals surface area contributed by atoms with Gasteiger partial charge in [0.05, 0.1) is 50.9 Å². The van der Waals surface area contributed by atoms with E-state index in [9.17, 15) is 17.8 Å². The zero-order valence-electron chi connectivity index (χ0n) is 23.4. The molecule has 1 saturated heterocycles. The Morgan fingerprint density at radius 1 is 0.975 bits per heavy atom. The first-order valence-corrected chi connectivity index (χ1v) is 14.6. The lowest BCUT2D eigenvalue weighted by Gasteiger charge is -2.37. The van der Waals surface area contributed by atoms with Gasteiger partial charge in [-0.1, -0.05) is 35.9 Å². The van der Waals surface area contributed by atoms with Gasteiger partial charge in [-0.25, -0.2) is 8.42 Å². The average molecular weight is 565 g/mol. The van der Waals surface area contributed by atoms with Crippen LogP contribution in [0.2, 0.25) is 0 Å². The number of fused-ring (bicyclic) bond motifs is 1. The molecule has 0 atom stereocenters. The van der Waals surface area contributed by atoms with Gasteiger partial charge in [0.2, 0.25) is 0 Å². The van der Waals surface area contributed by atoms with Gasteiger partial charge in [0, 0.05) is 22.2 Å². The Morgan fingerprint density at radius 3 is 2.20 bits per heavy atom. The predicted molar refractivity (Wildman–Crippen MR) is 154 cm³/mol. The Kier molecular flexibility index (Phi) is 9.10. The Balaban J connectivity index is 0.000000283. The Hall–Kier alpha value is -3.50. The fourth-order valence-electron chi connectivity index (χ4n) is 4.95. The van der Waals surface area contributed by atoms with Gasteiger partial charge >= 0.3 is 0 Å². The number of benzene rings is 3. The SMILES string of the molecule is COc1ccc(C(=O)c2c(C)n(CC[N+]3(C)CCOCC3)c3ccccc23)cc1.Cc1ccc(S(=O)(=O)[O-])cc1. The summed E-state index contributed by atoms with van der Waals surface area (Å²) < 4.78 is 45.2. The van der Waals surface area contributed by atoms with Crippen LogP contribution in [-0.2, 0) is 21.4 Å². The van der Waals surface area contributed by atoms with Crippen LogP contribution in [0, 0.1) is 13.8 Å². The lowest BCUT2D eigenvalue weighted by Crippen LogP contribution is -2.53. The molecule has 0 saturated carbocycles. The van der Waals surface area contributed by atoms with Crippen molar-refractivity contribution in [2.75, 3.05) is 47.0 Å². The smallest absolute Gasteiger partial charge is 0.195 e. The molecule has 0 radical (unpaired) electrons. The number of para-hydroxylation sites is 1. The van der Waals surface area contributed by atoms with Crippen molar-refractivity contribution in [1.29, 1.82) is 0 Å². The van der Waals surface area contributed by atoms with E-state index in [0.29, 0.717) is 5.56 Å². The van der Waals surface area contributed by atoms with Crippen molar-refractivity contribution in [2.45, 2.75) is 25.3 Å². The fourth-order valence-corrected chi connectivity index (χ4v) is 5.42. The van der Waals surface area contributed by atoms with E-state index in [4.69, 9.17) is 9.47 Å². The number of quaternary nitrogens is 1. The summed E-state index contributed by atoms with van der Waals surface area (Å²) >= 11 is 0. The topological polar surface area (TPSA) is 97.7 Å². The first-order valence-electron chi connectivity index (χ1n) is 13.2. The Labute approximate surface area is 236 Å². The maximum atomic E-state index is 13.4. The third-order valence-corrected chi connectivity index (χ3v) is 8.38. The van der Waals surface area contributed by atoms with Crippen LogP contribution < -0.4 is 4.74 Å². The van der Waals surface area contributed by atoms with E-state index in [1.165, 1.54) is 12.1 Å². The first-order chi connectivity index (χ1) is 19.0. The summed E-state index contributed by atoms with van der Waals surface area (Å²) in [6.07, 6.45) is 0. The summed E-state index contributed by atoms with van der Waals surface area (Å²) in [5.41, 5.74) is 4.57. The summed E-state index contributed by atoms with van der Waals surface area (Å²) in [4.78, 5) is 13.2. The van der Waals surface area contributed by atoms with Crippen molar-refractivity contribution in [3.63, 3.8) is 0 Å². The first kappa shape index (κ1) is 29.5. The lowest BCUT2D eigenvalue weighted by molar-refractivity contribution is -0.917. The van der Waals surface area contributed by atoms with Crippen LogP contribution in [0.25, 0.3) is 10.9 Å². The minimum Gasteiger partial charge on any atom is -0.744 e. The number of aryl methyl sites for hydroxylation is 1. The van der Waals surface area contributed by atoms with Gasteiger partial charge in [0.15, 0.2) is 5.78 Å². The highest BCUT2D eigenvalue weighted by Gasteiger charge is 2.27. The fraction of sp³-hybridized carbons (Fsp3) is 0.323. The van der Waals surface area contributed by atoms with Crippen LogP contribution in [0.5, 0.6) is 5.75 Å². The second-order valence-corrected chi connectivity index (χ2v) is 11.7. The second kappa shape index (κ2) is 12.3. The largest absolute Gasteiger partial charge is 0.744 e. The van der Waals surface area contributed by atoms with E-state index >= 15 is 0 Å². The number of ether oxygens (including phenoxy) is 2. The number of hydrogen-bond acceptors (Lipinski definition) is 6. The van der Waals surface area contributed by atoms with Gasteiger partial charge in [0.1, 0.15) is 29.0 Å². The number of aromatic nitrogens is 1. The number of carbonyl (C=O) groups excluding carboxylic acids is 1. The molecule has 1 aliphatic rings. The molecular weight excluding hydrogens is 528 g/mol. The van der Waals surface area contributed by atoms with E-state index in [1.54, 1.807) is 19.2 Å². The average Bonchev–Trinajstić information content (AvgIpc) is 3.23. The number of likely N-dealkylation sites (N-methyl/N-ethyl adjacent to an activating group) is 1. The summed E-state index contributed by atoms with van der Waals surface area (Å²) in [6.45, 7) is 9.52. The molecule has 2 heterocycles. The Bertz CT molecular complexity index is 1570. The third-order valence-electron chi connectivity index (χ3n) is 7.53. The van der Waals surface area contributed by atoms with Gasteiger partial charge in [0.25, 0.3) is 0 Å². The molecule has 5 rings (SSSR count). The van der Waals surface area contributed by atoms with Gasteiger partial charge in [-0.3, -0.25) is 4.79 Å². The number of carbonyl (C=O) groups is 1. The predicted octanol–water partition coefficient (Wildman–Crippen LogP) is 4.57. The van der Waals surface area contributed by atoms with E-state index in [-0.39, 0.29) is 10.7 Å². The lowest BCUT2D eigenvalue weighted by atomic mass is 10.0. The van der Waals surface area contributed by atoms with Crippen LogP contribution in [0.3, 0.4) is 0 Å². The molecule has 0 spiro atoms.